The van der Waals surface area contributed by atoms with Crippen LogP contribution in [0.3, 0.4) is 0 Å². The fraction of sp³-hybridized carbons (Fsp3) is 0.875. The molecule has 0 bridgehead atoms. The van der Waals surface area contributed by atoms with Crippen molar-refractivity contribution in [2.45, 2.75) is 78.0 Å². The highest BCUT2D eigenvalue weighted by Gasteiger charge is 2.41. The molecule has 5 heteroatoms. The van der Waals surface area contributed by atoms with Crippen LogP contribution in [0.4, 0.5) is 0 Å². The molecule has 1 unspecified atom stereocenters. The van der Waals surface area contributed by atoms with Gasteiger partial charge in [0.05, 0.1) is 0 Å². The standard InChI is InChI=1S/C16H29NO4/c1-7-11(2)12(13(18)21-15(3,4)5)17-14(19)16(6)9-8-10-20-16/h11-12H,7-10H2,1-6H3,(H,17,19)/t11-,12-,16?/m0/s1. The summed E-state index contributed by atoms with van der Waals surface area (Å²) < 4.78 is 11.0. The van der Waals surface area contributed by atoms with Crippen molar-refractivity contribution in [1.82, 2.24) is 5.32 Å². The van der Waals surface area contributed by atoms with Crippen molar-refractivity contribution < 1.29 is 19.1 Å². The third kappa shape index (κ3) is 4.99. The zero-order valence-electron chi connectivity index (χ0n) is 14.1. The van der Waals surface area contributed by atoms with E-state index in [4.69, 9.17) is 9.47 Å². The van der Waals surface area contributed by atoms with Crippen LogP contribution in [0.15, 0.2) is 0 Å². The summed E-state index contributed by atoms with van der Waals surface area (Å²) in [4.78, 5) is 24.8. The summed E-state index contributed by atoms with van der Waals surface area (Å²) in [6.07, 6.45) is 2.33. The first-order valence-electron chi connectivity index (χ1n) is 7.77. The predicted octanol–water partition coefficient (Wildman–Crippen LogP) is 2.43. The lowest BCUT2D eigenvalue weighted by Crippen LogP contribution is -2.54. The van der Waals surface area contributed by atoms with Gasteiger partial charge >= 0.3 is 5.97 Å². The quantitative estimate of drug-likeness (QED) is 0.792. The highest BCUT2D eigenvalue weighted by Crippen LogP contribution is 2.26. The summed E-state index contributed by atoms with van der Waals surface area (Å²) in [5.41, 5.74) is -1.39. The Morgan fingerprint density at radius 2 is 2.00 bits per heavy atom. The maximum Gasteiger partial charge on any atom is 0.329 e. The van der Waals surface area contributed by atoms with Gasteiger partial charge in [-0.15, -0.1) is 0 Å². The number of hydrogen-bond acceptors (Lipinski definition) is 4. The van der Waals surface area contributed by atoms with Crippen LogP contribution >= 0.6 is 0 Å². The normalized spacial score (nSPS) is 25.2. The van der Waals surface area contributed by atoms with Crippen molar-refractivity contribution in [3.63, 3.8) is 0 Å². The Morgan fingerprint density at radius 1 is 1.38 bits per heavy atom. The van der Waals surface area contributed by atoms with E-state index in [-0.39, 0.29) is 17.8 Å². The molecule has 0 saturated carbocycles. The van der Waals surface area contributed by atoms with E-state index < -0.39 is 17.2 Å². The van der Waals surface area contributed by atoms with E-state index in [1.807, 2.05) is 34.6 Å². The van der Waals surface area contributed by atoms with Crippen molar-refractivity contribution in [3.8, 4) is 0 Å². The topological polar surface area (TPSA) is 64.6 Å². The molecule has 0 aromatic heterocycles. The maximum atomic E-state index is 12.4. The molecule has 1 aliphatic heterocycles. The van der Waals surface area contributed by atoms with Gasteiger partial charge in [-0.1, -0.05) is 20.3 Å². The zero-order chi connectivity index (χ0) is 16.3. The molecular formula is C16H29NO4. The van der Waals surface area contributed by atoms with Gasteiger partial charge in [0.1, 0.15) is 17.2 Å². The van der Waals surface area contributed by atoms with Crippen molar-refractivity contribution in [3.05, 3.63) is 0 Å². The SMILES string of the molecule is CC[C@H](C)[C@H](NC(=O)C1(C)CCCO1)C(=O)OC(C)(C)C. The number of rotatable bonds is 5. The minimum Gasteiger partial charge on any atom is -0.458 e. The molecule has 1 aliphatic rings. The predicted molar refractivity (Wildman–Crippen MR) is 80.8 cm³/mol. The number of hydrogen-bond donors (Lipinski definition) is 1. The van der Waals surface area contributed by atoms with E-state index in [1.165, 1.54) is 0 Å². The second kappa shape index (κ2) is 6.77. The monoisotopic (exact) mass is 299 g/mol. The zero-order valence-corrected chi connectivity index (χ0v) is 14.1. The Labute approximate surface area is 127 Å². The number of amides is 1. The fourth-order valence-corrected chi connectivity index (χ4v) is 2.29. The molecule has 1 heterocycles. The second-order valence-electron chi connectivity index (χ2n) is 7.05. The number of nitrogens with one attached hydrogen (secondary N) is 1. The molecule has 0 radical (unpaired) electrons. The third-order valence-corrected chi connectivity index (χ3v) is 3.86. The summed E-state index contributed by atoms with van der Waals surface area (Å²) in [6.45, 7) is 11.8. The van der Waals surface area contributed by atoms with Crippen molar-refractivity contribution >= 4 is 11.9 Å². The highest BCUT2D eigenvalue weighted by atomic mass is 16.6. The lowest BCUT2D eigenvalue weighted by molar-refractivity contribution is -0.162. The molecule has 0 aromatic rings. The van der Waals surface area contributed by atoms with Gasteiger partial charge in [0, 0.05) is 6.61 Å². The van der Waals surface area contributed by atoms with Gasteiger partial charge in [-0.05, 0) is 46.5 Å². The largest absolute Gasteiger partial charge is 0.458 e. The van der Waals surface area contributed by atoms with Gasteiger partial charge in [-0.2, -0.15) is 0 Å². The Morgan fingerprint density at radius 3 is 2.43 bits per heavy atom. The van der Waals surface area contributed by atoms with Crippen molar-refractivity contribution in [1.29, 1.82) is 0 Å². The first kappa shape index (κ1) is 18.0. The molecule has 1 rings (SSSR count). The van der Waals surface area contributed by atoms with E-state index in [9.17, 15) is 9.59 Å². The first-order valence-corrected chi connectivity index (χ1v) is 7.77. The van der Waals surface area contributed by atoms with Crippen LogP contribution in [0.1, 0.15) is 60.8 Å². The highest BCUT2D eigenvalue weighted by molar-refractivity contribution is 5.89. The Hall–Kier alpha value is -1.10. The number of ether oxygens (including phenoxy) is 2. The lowest BCUT2D eigenvalue weighted by Gasteiger charge is -2.30. The van der Waals surface area contributed by atoms with Gasteiger partial charge in [-0.25, -0.2) is 4.79 Å². The van der Waals surface area contributed by atoms with E-state index >= 15 is 0 Å². The van der Waals surface area contributed by atoms with Gasteiger partial charge in [0.15, 0.2) is 0 Å². The minimum absolute atomic E-state index is 0.00815. The summed E-state index contributed by atoms with van der Waals surface area (Å²) in [5.74, 6) is -0.600. The maximum absolute atomic E-state index is 12.4. The van der Waals surface area contributed by atoms with Crippen molar-refractivity contribution in [2.24, 2.45) is 5.92 Å². The molecule has 3 atom stereocenters. The number of esters is 1. The van der Waals surface area contributed by atoms with E-state index in [0.29, 0.717) is 13.0 Å². The Balaban J connectivity index is 2.79. The van der Waals surface area contributed by atoms with Gasteiger partial charge in [0.25, 0.3) is 5.91 Å². The molecule has 21 heavy (non-hydrogen) atoms. The fourth-order valence-electron chi connectivity index (χ4n) is 2.29. The summed E-state index contributed by atoms with van der Waals surface area (Å²) in [7, 11) is 0. The molecule has 1 fully saturated rings. The van der Waals surface area contributed by atoms with Crippen LogP contribution in [-0.4, -0.2) is 35.7 Å². The van der Waals surface area contributed by atoms with E-state index in [0.717, 1.165) is 12.8 Å². The Kier molecular flexibility index (Phi) is 5.79. The summed E-state index contributed by atoms with van der Waals surface area (Å²) in [6, 6.07) is -0.636. The average Bonchev–Trinajstić information content (AvgIpc) is 2.80. The summed E-state index contributed by atoms with van der Waals surface area (Å²) >= 11 is 0. The van der Waals surface area contributed by atoms with Crippen LogP contribution in [0.2, 0.25) is 0 Å². The Bertz CT molecular complexity index is 380. The number of carbonyl (C=O) groups excluding carboxylic acids is 2. The molecule has 1 amide bonds. The molecule has 1 saturated heterocycles. The third-order valence-electron chi connectivity index (χ3n) is 3.86. The van der Waals surface area contributed by atoms with Crippen LogP contribution in [0.25, 0.3) is 0 Å². The molecule has 122 valence electrons. The van der Waals surface area contributed by atoms with Crippen LogP contribution in [0.5, 0.6) is 0 Å². The lowest BCUT2D eigenvalue weighted by atomic mass is 9.96. The van der Waals surface area contributed by atoms with Crippen molar-refractivity contribution in [2.75, 3.05) is 6.61 Å². The van der Waals surface area contributed by atoms with Gasteiger partial charge in [-0.3, -0.25) is 4.79 Å². The minimum atomic E-state index is -0.826. The van der Waals surface area contributed by atoms with Gasteiger partial charge < -0.3 is 14.8 Å². The molecule has 1 N–H and O–H groups in total. The molecular weight excluding hydrogens is 270 g/mol. The van der Waals surface area contributed by atoms with E-state index in [1.54, 1.807) is 6.92 Å². The molecule has 0 spiro atoms. The molecule has 5 nitrogen and oxygen atoms in total. The van der Waals surface area contributed by atoms with E-state index in [2.05, 4.69) is 5.32 Å². The average molecular weight is 299 g/mol. The van der Waals surface area contributed by atoms with Crippen LogP contribution in [0, 0.1) is 5.92 Å². The molecule has 0 aliphatic carbocycles. The summed E-state index contributed by atoms with van der Waals surface area (Å²) in [5, 5.41) is 2.83. The van der Waals surface area contributed by atoms with Crippen LogP contribution < -0.4 is 5.32 Å². The number of carbonyl (C=O) groups is 2. The second-order valence-corrected chi connectivity index (χ2v) is 7.05. The smallest absolute Gasteiger partial charge is 0.329 e. The van der Waals surface area contributed by atoms with Gasteiger partial charge in [0.2, 0.25) is 0 Å². The molecule has 0 aromatic carbocycles. The van der Waals surface area contributed by atoms with Crippen LogP contribution in [-0.2, 0) is 19.1 Å². The first-order chi connectivity index (χ1) is 9.59.